The molecule has 6 heteroatoms. The van der Waals surface area contributed by atoms with Gasteiger partial charge in [-0.3, -0.25) is 14.5 Å². The van der Waals surface area contributed by atoms with Crippen LogP contribution < -0.4 is 14.4 Å². The predicted octanol–water partition coefficient (Wildman–Crippen LogP) is 5.34. The van der Waals surface area contributed by atoms with Crippen molar-refractivity contribution in [2.75, 3.05) is 18.6 Å². The van der Waals surface area contributed by atoms with Gasteiger partial charge in [0.15, 0.2) is 11.5 Å². The molecule has 1 fully saturated rings. The Labute approximate surface area is 199 Å². The Hall–Kier alpha value is -4.06. The zero-order chi connectivity index (χ0) is 24.4. The topological polar surface area (TPSA) is 76.1 Å². The van der Waals surface area contributed by atoms with Gasteiger partial charge in [0.2, 0.25) is 0 Å². The Morgan fingerprint density at radius 2 is 1.62 bits per heavy atom. The summed E-state index contributed by atoms with van der Waals surface area (Å²) in [5, 5.41) is 11.2. The third kappa shape index (κ3) is 4.15. The van der Waals surface area contributed by atoms with Crippen LogP contribution in [0.3, 0.4) is 0 Å². The number of nitrogens with zero attached hydrogens (tertiary/aromatic N) is 1. The normalized spacial score (nSPS) is 17.2. The van der Waals surface area contributed by atoms with Crippen LogP contribution in [0, 0.1) is 13.8 Å². The summed E-state index contributed by atoms with van der Waals surface area (Å²) in [5.74, 6) is -0.615. The van der Waals surface area contributed by atoms with Crippen molar-refractivity contribution in [3.63, 3.8) is 0 Å². The lowest BCUT2D eigenvalue weighted by atomic mass is 9.94. The Balaban J connectivity index is 1.98. The van der Waals surface area contributed by atoms with E-state index in [1.54, 1.807) is 49.6 Å². The lowest BCUT2D eigenvalue weighted by Gasteiger charge is -2.26. The van der Waals surface area contributed by atoms with E-state index < -0.39 is 17.7 Å². The number of hydrogen-bond donors (Lipinski definition) is 1. The number of carbonyl (C=O) groups is 2. The maximum absolute atomic E-state index is 13.4. The highest BCUT2D eigenvalue weighted by molar-refractivity contribution is 6.51. The molecule has 0 aliphatic carbocycles. The Kier molecular flexibility index (Phi) is 6.41. The monoisotopic (exact) mass is 457 g/mol. The van der Waals surface area contributed by atoms with Crippen molar-refractivity contribution < 1.29 is 24.2 Å². The summed E-state index contributed by atoms with van der Waals surface area (Å²) >= 11 is 0. The van der Waals surface area contributed by atoms with Crippen molar-refractivity contribution in [3.05, 3.63) is 94.6 Å². The summed E-state index contributed by atoms with van der Waals surface area (Å²) in [4.78, 5) is 28.1. The van der Waals surface area contributed by atoms with E-state index in [9.17, 15) is 14.7 Å². The van der Waals surface area contributed by atoms with E-state index in [0.29, 0.717) is 34.9 Å². The number of amides is 1. The average molecular weight is 458 g/mol. The number of rotatable bonds is 6. The molecule has 4 rings (SSSR count). The fourth-order valence-corrected chi connectivity index (χ4v) is 4.39. The van der Waals surface area contributed by atoms with Gasteiger partial charge in [-0.05, 0) is 61.7 Å². The highest BCUT2D eigenvalue weighted by Crippen LogP contribution is 2.44. The number of carbonyl (C=O) groups excluding carboxylic acids is 2. The number of aliphatic hydroxyl groups is 1. The molecule has 1 aliphatic rings. The van der Waals surface area contributed by atoms with Gasteiger partial charge in [0, 0.05) is 11.3 Å². The summed E-state index contributed by atoms with van der Waals surface area (Å²) in [6.45, 7) is 6.16. The molecule has 34 heavy (non-hydrogen) atoms. The molecule has 1 aliphatic heterocycles. The van der Waals surface area contributed by atoms with Crippen LogP contribution in [0.2, 0.25) is 0 Å². The molecule has 1 saturated heterocycles. The number of anilines is 1. The molecular formula is C28H27NO5. The SMILES string of the molecule is CCOc1cc(C2/C(=C(/O)c3ccccc3)C(=O)C(=O)N2c2cc(C)cc(C)c2)ccc1OC. The second kappa shape index (κ2) is 9.43. The summed E-state index contributed by atoms with van der Waals surface area (Å²) in [5.41, 5.74) is 3.63. The Morgan fingerprint density at radius 1 is 0.941 bits per heavy atom. The van der Waals surface area contributed by atoms with E-state index in [4.69, 9.17) is 9.47 Å². The molecule has 0 bridgehead atoms. The molecule has 1 amide bonds. The van der Waals surface area contributed by atoms with Gasteiger partial charge in [-0.1, -0.05) is 42.5 Å². The van der Waals surface area contributed by atoms with Crippen LogP contribution in [0.25, 0.3) is 5.76 Å². The minimum atomic E-state index is -0.841. The van der Waals surface area contributed by atoms with Crippen LogP contribution in [0.15, 0.2) is 72.3 Å². The van der Waals surface area contributed by atoms with Gasteiger partial charge in [0.05, 0.1) is 25.3 Å². The molecule has 174 valence electrons. The molecule has 0 radical (unpaired) electrons. The number of Topliss-reactive ketones (excluding diaryl/α,β-unsaturated/α-hetero) is 1. The molecule has 0 aromatic heterocycles. The number of aliphatic hydroxyl groups excluding tert-OH is 1. The molecule has 1 unspecified atom stereocenters. The molecule has 3 aromatic rings. The zero-order valence-corrected chi connectivity index (χ0v) is 19.7. The second-order valence-electron chi connectivity index (χ2n) is 8.22. The van der Waals surface area contributed by atoms with Crippen LogP contribution in [0.5, 0.6) is 11.5 Å². The number of aryl methyl sites for hydroxylation is 2. The second-order valence-corrected chi connectivity index (χ2v) is 8.22. The van der Waals surface area contributed by atoms with Crippen LogP contribution in [-0.2, 0) is 9.59 Å². The van der Waals surface area contributed by atoms with Gasteiger partial charge in [-0.25, -0.2) is 0 Å². The van der Waals surface area contributed by atoms with Crippen molar-refractivity contribution >= 4 is 23.1 Å². The van der Waals surface area contributed by atoms with Crippen molar-refractivity contribution in [2.24, 2.45) is 0 Å². The Morgan fingerprint density at radius 3 is 2.24 bits per heavy atom. The van der Waals surface area contributed by atoms with Gasteiger partial charge in [0.25, 0.3) is 11.7 Å². The molecule has 6 nitrogen and oxygen atoms in total. The van der Waals surface area contributed by atoms with Gasteiger partial charge >= 0.3 is 0 Å². The van der Waals surface area contributed by atoms with Crippen molar-refractivity contribution in [1.82, 2.24) is 0 Å². The highest BCUT2D eigenvalue weighted by Gasteiger charge is 2.47. The standard InChI is InChI=1S/C28H27NO5/c1-5-34-23-16-20(11-12-22(23)33-4)25-24(26(30)19-9-7-6-8-10-19)27(31)28(32)29(25)21-14-17(2)13-18(3)15-21/h6-16,25,30H,5H2,1-4H3/b26-24-. The van der Waals surface area contributed by atoms with Crippen LogP contribution >= 0.6 is 0 Å². The summed E-state index contributed by atoms with van der Waals surface area (Å²) in [6, 6.07) is 18.9. The van der Waals surface area contributed by atoms with E-state index in [2.05, 4.69) is 0 Å². The quantitative estimate of drug-likeness (QED) is 0.307. The number of benzene rings is 3. The molecule has 1 heterocycles. The number of ketones is 1. The van der Waals surface area contributed by atoms with E-state index in [1.165, 1.54) is 4.90 Å². The van der Waals surface area contributed by atoms with Gasteiger partial charge in [0.1, 0.15) is 5.76 Å². The van der Waals surface area contributed by atoms with Gasteiger partial charge in [-0.2, -0.15) is 0 Å². The number of methoxy groups -OCH3 is 1. The fourth-order valence-electron chi connectivity index (χ4n) is 4.39. The Bertz CT molecular complexity index is 1260. The van der Waals surface area contributed by atoms with Crippen molar-refractivity contribution in [3.8, 4) is 11.5 Å². The van der Waals surface area contributed by atoms with Crippen LogP contribution in [0.4, 0.5) is 5.69 Å². The van der Waals surface area contributed by atoms with E-state index in [1.807, 2.05) is 45.0 Å². The van der Waals surface area contributed by atoms with Crippen molar-refractivity contribution in [1.29, 1.82) is 0 Å². The lowest BCUT2D eigenvalue weighted by Crippen LogP contribution is -2.29. The molecule has 3 aromatic carbocycles. The third-order valence-electron chi connectivity index (χ3n) is 5.78. The number of hydrogen-bond acceptors (Lipinski definition) is 5. The largest absolute Gasteiger partial charge is 0.507 e. The fraction of sp³-hybridized carbons (Fsp3) is 0.214. The molecular weight excluding hydrogens is 430 g/mol. The molecule has 1 N–H and O–H groups in total. The first-order valence-corrected chi connectivity index (χ1v) is 11.1. The minimum absolute atomic E-state index is 0.0305. The first-order valence-electron chi connectivity index (χ1n) is 11.1. The maximum atomic E-state index is 13.4. The average Bonchev–Trinajstić information content (AvgIpc) is 3.09. The molecule has 0 spiro atoms. The minimum Gasteiger partial charge on any atom is -0.507 e. The molecule has 1 atom stereocenters. The number of ether oxygens (including phenoxy) is 2. The van der Waals surface area contributed by atoms with Crippen LogP contribution in [-0.4, -0.2) is 30.5 Å². The first kappa shape index (κ1) is 23.1. The summed E-state index contributed by atoms with van der Waals surface area (Å²) < 4.78 is 11.2. The van der Waals surface area contributed by atoms with E-state index in [-0.39, 0.29) is 11.3 Å². The lowest BCUT2D eigenvalue weighted by molar-refractivity contribution is -0.132. The summed E-state index contributed by atoms with van der Waals surface area (Å²) in [6.07, 6.45) is 0. The van der Waals surface area contributed by atoms with Crippen molar-refractivity contribution in [2.45, 2.75) is 26.8 Å². The molecule has 0 saturated carbocycles. The van der Waals surface area contributed by atoms with E-state index >= 15 is 0 Å². The zero-order valence-electron chi connectivity index (χ0n) is 19.7. The predicted molar refractivity (Wildman–Crippen MR) is 131 cm³/mol. The maximum Gasteiger partial charge on any atom is 0.300 e. The van der Waals surface area contributed by atoms with Crippen LogP contribution in [0.1, 0.15) is 35.2 Å². The smallest absolute Gasteiger partial charge is 0.300 e. The van der Waals surface area contributed by atoms with Gasteiger partial charge in [-0.15, -0.1) is 0 Å². The first-order chi connectivity index (χ1) is 16.3. The third-order valence-corrected chi connectivity index (χ3v) is 5.78. The van der Waals surface area contributed by atoms with E-state index in [0.717, 1.165) is 11.1 Å². The highest BCUT2D eigenvalue weighted by atomic mass is 16.5. The summed E-state index contributed by atoms with van der Waals surface area (Å²) in [7, 11) is 1.55. The van der Waals surface area contributed by atoms with Gasteiger partial charge < -0.3 is 14.6 Å².